The van der Waals surface area contributed by atoms with Crippen LogP contribution in [0.4, 0.5) is 0 Å². The van der Waals surface area contributed by atoms with Crippen LogP contribution in [0.2, 0.25) is 0 Å². The molecule has 1 atom stereocenters. The maximum Gasteiger partial charge on any atom is 0.164 e. The van der Waals surface area contributed by atoms with Gasteiger partial charge in [-0.25, -0.2) is 0 Å². The topological polar surface area (TPSA) is 44.5 Å². The van der Waals surface area contributed by atoms with E-state index in [4.69, 9.17) is 15.2 Å². The highest BCUT2D eigenvalue weighted by Gasteiger charge is 2.21. The van der Waals surface area contributed by atoms with Crippen LogP contribution in [0.15, 0.2) is 18.2 Å². The first kappa shape index (κ1) is 16.8. The smallest absolute Gasteiger partial charge is 0.164 e. The van der Waals surface area contributed by atoms with Crippen molar-refractivity contribution in [2.75, 3.05) is 13.7 Å². The highest BCUT2D eigenvalue weighted by atomic mass is 16.5. The van der Waals surface area contributed by atoms with E-state index >= 15 is 0 Å². The molecular weight excluding hydrogens is 250 g/mol. The molecule has 1 aromatic rings. The molecule has 2 N–H and O–H groups in total. The Hall–Kier alpha value is -1.22. The molecule has 0 saturated carbocycles. The zero-order valence-electron chi connectivity index (χ0n) is 13.5. The Bertz CT molecular complexity index is 410. The molecule has 1 unspecified atom stereocenters. The molecular formula is C17H29NO2. The second kappa shape index (κ2) is 7.53. The third-order valence-electron chi connectivity index (χ3n) is 3.57. The van der Waals surface area contributed by atoms with Crippen LogP contribution in [0.3, 0.4) is 0 Å². The Morgan fingerprint density at radius 2 is 1.95 bits per heavy atom. The quantitative estimate of drug-likeness (QED) is 0.826. The number of hydrogen-bond acceptors (Lipinski definition) is 3. The molecule has 0 saturated heterocycles. The monoisotopic (exact) mass is 279 g/mol. The third kappa shape index (κ3) is 4.71. The van der Waals surface area contributed by atoms with Crippen LogP contribution >= 0.6 is 0 Å². The fourth-order valence-electron chi connectivity index (χ4n) is 2.03. The van der Waals surface area contributed by atoms with E-state index in [1.54, 1.807) is 7.11 Å². The number of hydrogen-bond donors (Lipinski definition) is 1. The predicted molar refractivity (Wildman–Crippen MR) is 84.5 cm³/mol. The molecule has 0 aliphatic heterocycles. The van der Waals surface area contributed by atoms with Gasteiger partial charge >= 0.3 is 0 Å². The predicted octanol–water partition coefficient (Wildman–Crippen LogP) is 3.79. The van der Waals surface area contributed by atoms with Crippen molar-refractivity contribution in [3.8, 4) is 11.5 Å². The molecule has 0 aliphatic rings. The minimum Gasteiger partial charge on any atom is -0.493 e. The van der Waals surface area contributed by atoms with Crippen LogP contribution in [0.5, 0.6) is 11.5 Å². The highest BCUT2D eigenvalue weighted by Crippen LogP contribution is 2.33. The lowest BCUT2D eigenvalue weighted by atomic mass is 9.84. The van der Waals surface area contributed by atoms with E-state index in [2.05, 4.69) is 33.8 Å². The minimum absolute atomic E-state index is 0.128. The van der Waals surface area contributed by atoms with Crippen molar-refractivity contribution in [3.05, 3.63) is 23.8 Å². The molecule has 0 bridgehead atoms. The van der Waals surface area contributed by atoms with Crippen molar-refractivity contribution in [2.45, 2.75) is 53.0 Å². The van der Waals surface area contributed by atoms with E-state index in [-0.39, 0.29) is 11.5 Å². The van der Waals surface area contributed by atoms with Gasteiger partial charge < -0.3 is 15.2 Å². The first-order chi connectivity index (χ1) is 9.40. The summed E-state index contributed by atoms with van der Waals surface area (Å²) in [4.78, 5) is 0. The van der Waals surface area contributed by atoms with Gasteiger partial charge in [-0.3, -0.25) is 0 Å². The maximum atomic E-state index is 6.25. The van der Waals surface area contributed by atoms with Gasteiger partial charge in [0.25, 0.3) is 0 Å². The normalized spacial score (nSPS) is 13.1. The molecule has 114 valence electrons. The first-order valence-corrected chi connectivity index (χ1v) is 7.44. The Morgan fingerprint density at radius 3 is 2.50 bits per heavy atom. The Morgan fingerprint density at radius 1 is 1.25 bits per heavy atom. The molecule has 0 heterocycles. The molecule has 1 rings (SSSR count). The molecule has 0 fully saturated rings. The van der Waals surface area contributed by atoms with Crippen molar-refractivity contribution in [1.82, 2.24) is 0 Å². The van der Waals surface area contributed by atoms with Gasteiger partial charge in [0.1, 0.15) is 0 Å². The SMILES string of the molecule is CCCOc1c(CCC(N)C(C)(C)C)cccc1OC. The second-order valence-corrected chi connectivity index (χ2v) is 6.31. The van der Waals surface area contributed by atoms with Crippen molar-refractivity contribution < 1.29 is 9.47 Å². The van der Waals surface area contributed by atoms with Crippen LogP contribution in [-0.2, 0) is 6.42 Å². The summed E-state index contributed by atoms with van der Waals surface area (Å²) >= 11 is 0. The second-order valence-electron chi connectivity index (χ2n) is 6.31. The lowest BCUT2D eigenvalue weighted by molar-refractivity contribution is 0.285. The van der Waals surface area contributed by atoms with Crippen molar-refractivity contribution in [3.63, 3.8) is 0 Å². The van der Waals surface area contributed by atoms with Gasteiger partial charge in [-0.05, 0) is 36.3 Å². The van der Waals surface area contributed by atoms with E-state index in [0.717, 1.165) is 30.8 Å². The molecule has 0 spiro atoms. The fraction of sp³-hybridized carbons (Fsp3) is 0.647. The first-order valence-electron chi connectivity index (χ1n) is 7.44. The minimum atomic E-state index is 0.128. The zero-order valence-corrected chi connectivity index (χ0v) is 13.5. The summed E-state index contributed by atoms with van der Waals surface area (Å²) in [5.41, 5.74) is 7.55. The van der Waals surface area contributed by atoms with Crippen LogP contribution in [0.1, 0.15) is 46.1 Å². The number of ether oxygens (including phenoxy) is 2. The standard InChI is InChI=1S/C17H29NO2/c1-6-12-20-16-13(8-7-9-14(16)19-5)10-11-15(18)17(2,3)4/h7-9,15H,6,10-12,18H2,1-5H3. The Labute approximate surface area is 123 Å². The van der Waals surface area contributed by atoms with Gasteiger partial charge in [0, 0.05) is 6.04 Å². The molecule has 3 heteroatoms. The van der Waals surface area contributed by atoms with Gasteiger partial charge in [-0.2, -0.15) is 0 Å². The van der Waals surface area contributed by atoms with Crippen molar-refractivity contribution >= 4 is 0 Å². The van der Waals surface area contributed by atoms with Crippen LogP contribution < -0.4 is 15.2 Å². The molecule has 0 aliphatic carbocycles. The summed E-state index contributed by atoms with van der Waals surface area (Å²) in [7, 11) is 1.68. The summed E-state index contributed by atoms with van der Waals surface area (Å²) in [6, 6.07) is 6.23. The van der Waals surface area contributed by atoms with Gasteiger partial charge in [0.2, 0.25) is 0 Å². The highest BCUT2D eigenvalue weighted by molar-refractivity contribution is 5.46. The molecule has 1 aromatic carbocycles. The van der Waals surface area contributed by atoms with Crippen LogP contribution in [0, 0.1) is 5.41 Å². The third-order valence-corrected chi connectivity index (χ3v) is 3.57. The molecule has 0 amide bonds. The summed E-state index contributed by atoms with van der Waals surface area (Å²) in [6.45, 7) is 9.34. The number of nitrogens with two attached hydrogens (primary N) is 1. The molecule has 0 radical (unpaired) electrons. The van der Waals surface area contributed by atoms with Gasteiger partial charge in [-0.15, -0.1) is 0 Å². The summed E-state index contributed by atoms with van der Waals surface area (Å²) in [5, 5.41) is 0. The maximum absolute atomic E-state index is 6.25. The number of para-hydroxylation sites is 1. The van der Waals surface area contributed by atoms with Gasteiger partial charge in [-0.1, -0.05) is 39.8 Å². The summed E-state index contributed by atoms with van der Waals surface area (Å²) in [5.74, 6) is 1.68. The number of rotatable bonds is 7. The average Bonchev–Trinajstić information content (AvgIpc) is 2.41. The lowest BCUT2D eigenvalue weighted by Crippen LogP contribution is -2.35. The van der Waals surface area contributed by atoms with E-state index in [9.17, 15) is 0 Å². The van der Waals surface area contributed by atoms with Gasteiger partial charge in [0.15, 0.2) is 11.5 Å². The largest absolute Gasteiger partial charge is 0.493 e. The summed E-state index contributed by atoms with van der Waals surface area (Å²) < 4.78 is 11.3. The summed E-state index contributed by atoms with van der Waals surface area (Å²) in [6.07, 6.45) is 2.84. The van der Waals surface area contributed by atoms with E-state index in [1.807, 2.05) is 12.1 Å². The van der Waals surface area contributed by atoms with Crippen molar-refractivity contribution in [1.29, 1.82) is 0 Å². The number of benzene rings is 1. The van der Waals surface area contributed by atoms with E-state index in [0.29, 0.717) is 6.61 Å². The number of aryl methyl sites for hydroxylation is 1. The molecule has 20 heavy (non-hydrogen) atoms. The zero-order chi connectivity index (χ0) is 15.2. The lowest BCUT2D eigenvalue weighted by Gasteiger charge is -2.27. The Balaban J connectivity index is 2.83. The fourth-order valence-corrected chi connectivity index (χ4v) is 2.03. The van der Waals surface area contributed by atoms with Crippen molar-refractivity contribution in [2.24, 2.45) is 11.1 Å². The van der Waals surface area contributed by atoms with Gasteiger partial charge in [0.05, 0.1) is 13.7 Å². The van der Waals surface area contributed by atoms with E-state index < -0.39 is 0 Å². The molecule has 0 aromatic heterocycles. The van der Waals surface area contributed by atoms with Crippen LogP contribution in [-0.4, -0.2) is 19.8 Å². The van der Waals surface area contributed by atoms with E-state index in [1.165, 1.54) is 5.56 Å². The Kier molecular flexibility index (Phi) is 6.34. The average molecular weight is 279 g/mol. The molecule has 3 nitrogen and oxygen atoms in total. The number of methoxy groups -OCH3 is 1. The van der Waals surface area contributed by atoms with Crippen LogP contribution in [0.25, 0.3) is 0 Å².